The monoisotopic (exact) mass is 727 g/mol. The second-order valence-electron chi connectivity index (χ2n) is 14.0. The number of benzene rings is 8. The normalized spacial score (nSPS) is 11.1. The van der Waals surface area contributed by atoms with E-state index in [9.17, 15) is 5.26 Å². The fraction of sp³-hybridized carbons (Fsp3) is 0. The highest BCUT2D eigenvalue weighted by Gasteiger charge is 2.19. The van der Waals surface area contributed by atoms with E-state index in [1.807, 2.05) is 97.1 Å². The van der Waals surface area contributed by atoms with Gasteiger partial charge >= 0.3 is 0 Å². The molecular weight excluding hydrogens is 695 g/mol. The van der Waals surface area contributed by atoms with Gasteiger partial charge in [-0.3, -0.25) is 0 Å². The maximum Gasteiger partial charge on any atom is 0.164 e. The summed E-state index contributed by atoms with van der Waals surface area (Å²) in [6, 6.07) is 71.2. The van der Waals surface area contributed by atoms with Crippen molar-refractivity contribution < 1.29 is 0 Å². The van der Waals surface area contributed by atoms with Crippen molar-refractivity contribution in [2.45, 2.75) is 0 Å². The van der Waals surface area contributed by atoms with E-state index in [1.165, 1.54) is 0 Å². The fourth-order valence-electron chi connectivity index (χ4n) is 7.63. The summed E-state index contributed by atoms with van der Waals surface area (Å²) < 4.78 is 2.37. The minimum Gasteiger partial charge on any atom is -0.309 e. The SMILES string of the molecule is N#Cc1ccc(-c2cc(-c3nc(-c4ccccc4)nc(-c4ccccc4)n3)cc(-n3c4cc(-c5ccccc5)ccc4c4ccc(-c5ccccc5)cc43)c2)cc1. The van der Waals surface area contributed by atoms with Gasteiger partial charge in [0.15, 0.2) is 17.5 Å². The molecule has 0 saturated heterocycles. The molecule has 0 saturated carbocycles. The summed E-state index contributed by atoms with van der Waals surface area (Å²) in [5.74, 6) is 1.76. The molecule has 0 spiro atoms. The van der Waals surface area contributed by atoms with Crippen LogP contribution in [-0.4, -0.2) is 19.5 Å². The van der Waals surface area contributed by atoms with E-state index >= 15 is 0 Å². The van der Waals surface area contributed by atoms with Crippen LogP contribution < -0.4 is 0 Å². The quantitative estimate of drug-likeness (QED) is 0.164. The molecule has 0 unspecified atom stereocenters. The summed E-state index contributed by atoms with van der Waals surface area (Å²) in [4.78, 5) is 15.3. The average molecular weight is 728 g/mol. The molecule has 0 bridgehead atoms. The van der Waals surface area contributed by atoms with Crippen molar-refractivity contribution >= 4 is 21.8 Å². The zero-order chi connectivity index (χ0) is 38.1. The van der Waals surface area contributed by atoms with Gasteiger partial charge < -0.3 is 4.57 Å². The summed E-state index contributed by atoms with van der Waals surface area (Å²) >= 11 is 0. The van der Waals surface area contributed by atoms with Crippen LogP contribution in [-0.2, 0) is 0 Å². The summed E-state index contributed by atoms with van der Waals surface area (Å²) in [5, 5.41) is 12.0. The third-order valence-corrected chi connectivity index (χ3v) is 10.5. The molecule has 0 aliphatic rings. The van der Waals surface area contributed by atoms with Gasteiger partial charge in [-0.1, -0.05) is 158 Å². The molecule has 0 atom stereocenters. The van der Waals surface area contributed by atoms with Crippen LogP contribution in [0.4, 0.5) is 0 Å². The van der Waals surface area contributed by atoms with Crippen LogP contribution in [0.3, 0.4) is 0 Å². The van der Waals surface area contributed by atoms with Crippen LogP contribution in [0.15, 0.2) is 200 Å². The molecule has 57 heavy (non-hydrogen) atoms. The number of nitriles is 1. The molecule has 8 aromatic carbocycles. The zero-order valence-electron chi connectivity index (χ0n) is 30.8. The van der Waals surface area contributed by atoms with Crippen molar-refractivity contribution in [1.82, 2.24) is 19.5 Å². The Labute approximate surface area is 330 Å². The van der Waals surface area contributed by atoms with Crippen LogP contribution in [0.5, 0.6) is 0 Å². The van der Waals surface area contributed by atoms with Crippen molar-refractivity contribution in [2.24, 2.45) is 0 Å². The van der Waals surface area contributed by atoms with Gasteiger partial charge in [-0.15, -0.1) is 0 Å². The van der Waals surface area contributed by atoms with E-state index < -0.39 is 0 Å². The molecule has 0 aliphatic carbocycles. The Hall–Kier alpha value is -7.94. The van der Waals surface area contributed by atoms with Gasteiger partial charge in [-0.2, -0.15) is 5.26 Å². The smallest absolute Gasteiger partial charge is 0.164 e. The van der Waals surface area contributed by atoms with Gasteiger partial charge in [-0.25, -0.2) is 15.0 Å². The maximum atomic E-state index is 9.64. The molecule has 0 amide bonds. The van der Waals surface area contributed by atoms with Crippen molar-refractivity contribution in [3.63, 3.8) is 0 Å². The predicted molar refractivity (Wildman–Crippen MR) is 231 cm³/mol. The van der Waals surface area contributed by atoms with Gasteiger partial charge in [-0.05, 0) is 75.8 Å². The standard InChI is InChI=1S/C52H33N5/c53-34-35-21-23-38(24-22-35)43-29-44(52-55-50(39-17-9-3-10-18-39)54-51(56-52)40-19-11-4-12-20-40)31-45(30-43)57-48-32-41(36-13-5-1-6-14-36)25-27-46(48)47-28-26-42(33-49(47)57)37-15-7-2-8-16-37/h1-33H. The molecule has 0 radical (unpaired) electrons. The van der Waals surface area contributed by atoms with E-state index in [0.29, 0.717) is 23.0 Å². The van der Waals surface area contributed by atoms with Crippen molar-refractivity contribution in [3.8, 4) is 79.3 Å². The highest BCUT2D eigenvalue weighted by molar-refractivity contribution is 6.11. The Morgan fingerprint density at radius 2 is 0.719 bits per heavy atom. The number of nitrogens with zero attached hydrogens (tertiary/aromatic N) is 5. The molecule has 0 N–H and O–H groups in total. The van der Waals surface area contributed by atoms with Crippen LogP contribution in [0.2, 0.25) is 0 Å². The predicted octanol–water partition coefficient (Wildman–Crippen LogP) is 12.8. The van der Waals surface area contributed by atoms with Crippen LogP contribution in [0.1, 0.15) is 5.56 Å². The van der Waals surface area contributed by atoms with Crippen LogP contribution >= 0.6 is 0 Å². The van der Waals surface area contributed by atoms with E-state index in [2.05, 4.69) is 114 Å². The van der Waals surface area contributed by atoms with Gasteiger partial charge in [0, 0.05) is 33.2 Å². The first-order chi connectivity index (χ1) is 28.2. The zero-order valence-corrected chi connectivity index (χ0v) is 30.8. The molecule has 0 fully saturated rings. The number of hydrogen-bond acceptors (Lipinski definition) is 4. The number of fused-ring (bicyclic) bond motifs is 3. The van der Waals surface area contributed by atoms with Gasteiger partial charge in [0.2, 0.25) is 0 Å². The van der Waals surface area contributed by atoms with Crippen LogP contribution in [0.25, 0.3) is 95.0 Å². The third-order valence-electron chi connectivity index (χ3n) is 10.5. The topological polar surface area (TPSA) is 67.4 Å². The first-order valence-corrected chi connectivity index (χ1v) is 18.9. The lowest BCUT2D eigenvalue weighted by Crippen LogP contribution is -2.02. The maximum absolute atomic E-state index is 9.64. The lowest BCUT2D eigenvalue weighted by Gasteiger charge is -2.15. The average Bonchev–Trinajstić information content (AvgIpc) is 3.63. The Morgan fingerprint density at radius 3 is 1.18 bits per heavy atom. The van der Waals surface area contributed by atoms with Gasteiger partial charge in [0.25, 0.3) is 0 Å². The minimum absolute atomic E-state index is 0.565. The highest BCUT2D eigenvalue weighted by Crippen LogP contribution is 2.39. The number of rotatable bonds is 7. The Morgan fingerprint density at radius 1 is 0.333 bits per heavy atom. The van der Waals surface area contributed by atoms with E-state index in [4.69, 9.17) is 15.0 Å². The first-order valence-electron chi connectivity index (χ1n) is 18.9. The lowest BCUT2D eigenvalue weighted by atomic mass is 10.00. The Kier molecular flexibility index (Phi) is 8.48. The minimum atomic E-state index is 0.565. The van der Waals surface area contributed by atoms with Gasteiger partial charge in [0.05, 0.1) is 22.7 Å². The van der Waals surface area contributed by atoms with Crippen molar-refractivity contribution in [3.05, 3.63) is 206 Å². The Balaban J connectivity index is 1.27. The molecule has 2 heterocycles. The van der Waals surface area contributed by atoms with E-state index in [1.54, 1.807) is 0 Å². The lowest BCUT2D eigenvalue weighted by molar-refractivity contribution is 1.07. The van der Waals surface area contributed by atoms with Crippen LogP contribution in [0, 0.1) is 11.3 Å². The first kappa shape index (κ1) is 33.6. The molecule has 2 aromatic heterocycles. The number of hydrogen-bond donors (Lipinski definition) is 0. The molecule has 5 nitrogen and oxygen atoms in total. The third kappa shape index (κ3) is 6.42. The second kappa shape index (κ2) is 14.4. The largest absolute Gasteiger partial charge is 0.309 e. The summed E-state index contributed by atoms with van der Waals surface area (Å²) in [5.41, 5.74) is 12.9. The molecule has 10 aromatic rings. The van der Waals surface area contributed by atoms with Crippen molar-refractivity contribution in [1.29, 1.82) is 5.26 Å². The van der Waals surface area contributed by atoms with E-state index in [-0.39, 0.29) is 0 Å². The van der Waals surface area contributed by atoms with Gasteiger partial charge in [0.1, 0.15) is 0 Å². The fourth-order valence-corrected chi connectivity index (χ4v) is 7.63. The molecular formula is C52H33N5. The van der Waals surface area contributed by atoms with E-state index in [0.717, 1.165) is 77.6 Å². The molecule has 266 valence electrons. The molecule has 5 heteroatoms. The second-order valence-corrected chi connectivity index (χ2v) is 14.0. The summed E-state index contributed by atoms with van der Waals surface area (Å²) in [6.45, 7) is 0. The summed E-state index contributed by atoms with van der Waals surface area (Å²) in [7, 11) is 0. The number of aromatic nitrogens is 4. The molecule has 0 aliphatic heterocycles. The molecule has 10 rings (SSSR count). The Bertz CT molecular complexity index is 2940. The highest BCUT2D eigenvalue weighted by atomic mass is 15.0. The summed E-state index contributed by atoms with van der Waals surface area (Å²) in [6.07, 6.45) is 0. The van der Waals surface area contributed by atoms with Crippen molar-refractivity contribution in [2.75, 3.05) is 0 Å².